The van der Waals surface area contributed by atoms with E-state index in [-0.39, 0.29) is 6.10 Å². The summed E-state index contributed by atoms with van der Waals surface area (Å²) in [5.41, 5.74) is 1.35. The van der Waals surface area contributed by atoms with Crippen molar-refractivity contribution < 1.29 is 5.11 Å². The summed E-state index contributed by atoms with van der Waals surface area (Å²) in [6, 6.07) is 0. The van der Waals surface area contributed by atoms with E-state index < -0.39 is 0 Å². The molecule has 1 saturated carbocycles. The smallest absolute Gasteiger partial charge is 0.0605 e. The van der Waals surface area contributed by atoms with E-state index in [0.29, 0.717) is 5.92 Å². The monoisotopic (exact) mass is 196 g/mol. The van der Waals surface area contributed by atoms with Crippen LogP contribution in [0.15, 0.2) is 11.6 Å². The van der Waals surface area contributed by atoms with Gasteiger partial charge in [0.15, 0.2) is 0 Å². The Morgan fingerprint density at radius 1 is 1.36 bits per heavy atom. The second kappa shape index (κ2) is 6.23. The van der Waals surface area contributed by atoms with Crippen molar-refractivity contribution in [3.05, 3.63) is 11.6 Å². The summed E-state index contributed by atoms with van der Waals surface area (Å²) in [6.07, 6.45) is 10.6. The molecule has 0 radical (unpaired) electrons. The van der Waals surface area contributed by atoms with Gasteiger partial charge in [-0.05, 0) is 38.5 Å². The fraction of sp³-hybridized carbons (Fsp3) is 0.846. The molecule has 1 fully saturated rings. The van der Waals surface area contributed by atoms with E-state index in [1.165, 1.54) is 37.7 Å². The molecule has 0 aromatic rings. The quantitative estimate of drug-likeness (QED) is 0.680. The first-order chi connectivity index (χ1) is 6.74. The van der Waals surface area contributed by atoms with Gasteiger partial charge in [-0.1, -0.05) is 37.8 Å². The van der Waals surface area contributed by atoms with Crippen molar-refractivity contribution in [3.63, 3.8) is 0 Å². The van der Waals surface area contributed by atoms with Crippen LogP contribution in [0.3, 0.4) is 0 Å². The molecule has 0 aromatic heterocycles. The summed E-state index contributed by atoms with van der Waals surface area (Å²) in [5, 5.41) is 10.0. The maximum Gasteiger partial charge on any atom is 0.0605 e. The minimum Gasteiger partial charge on any atom is -0.393 e. The molecule has 0 amide bonds. The number of allylic oxidation sites excluding steroid dienone is 1. The van der Waals surface area contributed by atoms with Crippen molar-refractivity contribution in [2.45, 2.75) is 64.9 Å². The highest BCUT2D eigenvalue weighted by atomic mass is 16.3. The molecule has 1 rings (SSSR count). The van der Waals surface area contributed by atoms with Crippen molar-refractivity contribution in [1.29, 1.82) is 0 Å². The summed E-state index contributed by atoms with van der Waals surface area (Å²) in [4.78, 5) is 0. The minimum absolute atomic E-state index is 0.0851. The highest BCUT2D eigenvalue weighted by Crippen LogP contribution is 2.28. The Balaban J connectivity index is 2.32. The lowest BCUT2D eigenvalue weighted by Gasteiger charge is -2.26. The Hall–Kier alpha value is -0.300. The predicted molar refractivity (Wildman–Crippen MR) is 61.2 cm³/mol. The zero-order valence-corrected chi connectivity index (χ0v) is 9.63. The third-order valence-corrected chi connectivity index (χ3v) is 3.28. The second-order valence-corrected chi connectivity index (χ2v) is 4.63. The van der Waals surface area contributed by atoms with Crippen molar-refractivity contribution in [2.24, 2.45) is 5.92 Å². The van der Waals surface area contributed by atoms with Gasteiger partial charge in [0.25, 0.3) is 0 Å². The SMILES string of the molecule is CCC=C(C)CC(O)C1CCCCC1. The lowest BCUT2D eigenvalue weighted by atomic mass is 9.83. The summed E-state index contributed by atoms with van der Waals surface area (Å²) in [7, 11) is 0. The molecule has 1 unspecified atom stereocenters. The Labute approximate surface area is 88.2 Å². The zero-order chi connectivity index (χ0) is 10.4. The first-order valence-electron chi connectivity index (χ1n) is 6.07. The van der Waals surface area contributed by atoms with E-state index in [1.807, 2.05) is 0 Å². The van der Waals surface area contributed by atoms with Gasteiger partial charge in [-0.15, -0.1) is 0 Å². The molecule has 1 aliphatic rings. The molecule has 1 atom stereocenters. The zero-order valence-electron chi connectivity index (χ0n) is 9.63. The van der Waals surface area contributed by atoms with Gasteiger partial charge in [-0.3, -0.25) is 0 Å². The number of aliphatic hydroxyl groups is 1. The molecule has 0 spiro atoms. The van der Waals surface area contributed by atoms with E-state index in [9.17, 15) is 5.11 Å². The van der Waals surface area contributed by atoms with Crippen LogP contribution < -0.4 is 0 Å². The summed E-state index contributed by atoms with van der Waals surface area (Å²) in [6.45, 7) is 4.28. The van der Waals surface area contributed by atoms with Gasteiger partial charge in [-0.2, -0.15) is 0 Å². The summed E-state index contributed by atoms with van der Waals surface area (Å²) >= 11 is 0. The highest BCUT2D eigenvalue weighted by molar-refractivity contribution is 4.99. The molecule has 1 heteroatoms. The van der Waals surface area contributed by atoms with Crippen molar-refractivity contribution in [1.82, 2.24) is 0 Å². The lowest BCUT2D eigenvalue weighted by Crippen LogP contribution is -2.23. The Morgan fingerprint density at radius 2 is 2.00 bits per heavy atom. The first kappa shape index (κ1) is 11.8. The van der Waals surface area contributed by atoms with Crippen LogP contribution in [-0.4, -0.2) is 11.2 Å². The molecule has 0 aromatic carbocycles. The van der Waals surface area contributed by atoms with E-state index in [2.05, 4.69) is 19.9 Å². The minimum atomic E-state index is -0.0851. The molecule has 14 heavy (non-hydrogen) atoms. The lowest BCUT2D eigenvalue weighted by molar-refractivity contribution is 0.0850. The summed E-state index contributed by atoms with van der Waals surface area (Å²) in [5.74, 6) is 0.573. The van der Waals surface area contributed by atoms with Crippen LogP contribution >= 0.6 is 0 Å². The molecule has 1 aliphatic carbocycles. The second-order valence-electron chi connectivity index (χ2n) is 4.63. The number of rotatable bonds is 4. The number of hydrogen-bond acceptors (Lipinski definition) is 1. The standard InChI is InChI=1S/C13H24O/c1-3-7-11(2)10-13(14)12-8-5-4-6-9-12/h7,12-14H,3-6,8-10H2,1-2H3. The van der Waals surface area contributed by atoms with Gasteiger partial charge in [-0.25, -0.2) is 0 Å². The van der Waals surface area contributed by atoms with E-state index in [1.54, 1.807) is 0 Å². The maximum atomic E-state index is 10.0. The van der Waals surface area contributed by atoms with E-state index in [0.717, 1.165) is 12.8 Å². The van der Waals surface area contributed by atoms with Crippen LogP contribution in [0.1, 0.15) is 58.8 Å². The number of hydrogen-bond donors (Lipinski definition) is 1. The molecule has 1 N–H and O–H groups in total. The Kier molecular flexibility index (Phi) is 5.24. The topological polar surface area (TPSA) is 20.2 Å². The van der Waals surface area contributed by atoms with Crippen molar-refractivity contribution >= 4 is 0 Å². The Morgan fingerprint density at radius 3 is 2.57 bits per heavy atom. The number of aliphatic hydroxyl groups excluding tert-OH is 1. The molecular weight excluding hydrogens is 172 g/mol. The third-order valence-electron chi connectivity index (χ3n) is 3.28. The fourth-order valence-corrected chi connectivity index (χ4v) is 2.45. The molecule has 0 saturated heterocycles. The average Bonchev–Trinajstić information content (AvgIpc) is 2.19. The van der Waals surface area contributed by atoms with Crippen LogP contribution in [0.2, 0.25) is 0 Å². The highest BCUT2D eigenvalue weighted by Gasteiger charge is 2.21. The fourth-order valence-electron chi connectivity index (χ4n) is 2.45. The van der Waals surface area contributed by atoms with Gasteiger partial charge >= 0.3 is 0 Å². The largest absolute Gasteiger partial charge is 0.393 e. The third kappa shape index (κ3) is 3.83. The van der Waals surface area contributed by atoms with Gasteiger partial charge in [0, 0.05) is 0 Å². The van der Waals surface area contributed by atoms with Crippen LogP contribution in [0.4, 0.5) is 0 Å². The van der Waals surface area contributed by atoms with Crippen LogP contribution in [0, 0.1) is 5.92 Å². The van der Waals surface area contributed by atoms with Crippen molar-refractivity contribution in [2.75, 3.05) is 0 Å². The first-order valence-corrected chi connectivity index (χ1v) is 6.07. The molecule has 82 valence electrons. The molecule has 0 heterocycles. The molecule has 0 aliphatic heterocycles. The van der Waals surface area contributed by atoms with Crippen LogP contribution in [0.25, 0.3) is 0 Å². The average molecular weight is 196 g/mol. The molecule has 0 bridgehead atoms. The van der Waals surface area contributed by atoms with Gasteiger partial charge in [0.1, 0.15) is 0 Å². The molecular formula is C13H24O. The summed E-state index contributed by atoms with van der Waals surface area (Å²) < 4.78 is 0. The van der Waals surface area contributed by atoms with Gasteiger partial charge in [0.05, 0.1) is 6.10 Å². The maximum absolute atomic E-state index is 10.0. The predicted octanol–water partition coefficient (Wildman–Crippen LogP) is 3.67. The van der Waals surface area contributed by atoms with Crippen LogP contribution in [-0.2, 0) is 0 Å². The van der Waals surface area contributed by atoms with Crippen LogP contribution in [0.5, 0.6) is 0 Å². The van der Waals surface area contributed by atoms with Gasteiger partial charge < -0.3 is 5.11 Å². The van der Waals surface area contributed by atoms with E-state index in [4.69, 9.17) is 0 Å². The van der Waals surface area contributed by atoms with Crippen molar-refractivity contribution in [3.8, 4) is 0 Å². The normalized spacial score (nSPS) is 22.4. The molecule has 1 nitrogen and oxygen atoms in total. The van der Waals surface area contributed by atoms with E-state index >= 15 is 0 Å². The Bertz CT molecular complexity index is 178. The van der Waals surface area contributed by atoms with Gasteiger partial charge in [0.2, 0.25) is 0 Å².